The Morgan fingerprint density at radius 3 is 2.20 bits per heavy atom. The van der Waals surface area contributed by atoms with E-state index >= 15 is 0 Å². The van der Waals surface area contributed by atoms with Gasteiger partial charge in [-0.05, 0) is 64.0 Å². The van der Waals surface area contributed by atoms with E-state index in [0.29, 0.717) is 0 Å². The van der Waals surface area contributed by atoms with Crippen LogP contribution in [0.1, 0.15) is 59.3 Å². The molecule has 0 N–H and O–H groups in total. The smallest absolute Gasteiger partial charge is 0.00924 e. The quantitative estimate of drug-likeness (QED) is 0.666. The summed E-state index contributed by atoms with van der Waals surface area (Å²) in [5.74, 6) is 1.91. The summed E-state index contributed by atoms with van der Waals surface area (Å²) in [5, 5.41) is 0. The van der Waals surface area contributed by atoms with E-state index in [0.717, 1.165) is 17.9 Å². The van der Waals surface area contributed by atoms with E-state index in [1.807, 2.05) is 0 Å². The summed E-state index contributed by atoms with van der Waals surface area (Å²) in [7, 11) is 2.30. The summed E-state index contributed by atoms with van der Waals surface area (Å²) in [6, 6.07) is 0.883. The van der Waals surface area contributed by atoms with Gasteiger partial charge in [-0.2, -0.15) is 0 Å². The van der Waals surface area contributed by atoms with Gasteiger partial charge in [0.15, 0.2) is 0 Å². The van der Waals surface area contributed by atoms with Gasteiger partial charge in [0.05, 0.1) is 0 Å². The topological polar surface area (TPSA) is 3.24 Å². The molecule has 1 nitrogen and oxygen atoms in total. The zero-order chi connectivity index (χ0) is 11.3. The van der Waals surface area contributed by atoms with Crippen molar-refractivity contribution in [2.75, 3.05) is 13.6 Å². The van der Waals surface area contributed by atoms with Gasteiger partial charge in [-0.15, -0.1) is 0 Å². The first-order valence-electron chi connectivity index (χ1n) is 6.83. The number of nitrogens with zero attached hydrogens (tertiary/aromatic N) is 1. The molecule has 0 aliphatic heterocycles. The molecule has 1 aliphatic carbocycles. The van der Waals surface area contributed by atoms with Crippen molar-refractivity contribution in [2.24, 2.45) is 11.8 Å². The molecule has 1 fully saturated rings. The highest BCUT2D eigenvalue weighted by molar-refractivity contribution is 4.78. The van der Waals surface area contributed by atoms with Crippen LogP contribution in [0.5, 0.6) is 0 Å². The van der Waals surface area contributed by atoms with E-state index in [1.165, 1.54) is 45.1 Å². The monoisotopic (exact) mass is 211 g/mol. The zero-order valence-electron chi connectivity index (χ0n) is 11.1. The first-order chi connectivity index (χ1) is 7.13. The van der Waals surface area contributed by atoms with Gasteiger partial charge in [-0.1, -0.05) is 20.8 Å². The van der Waals surface area contributed by atoms with Crippen molar-refractivity contribution < 1.29 is 0 Å². The second-order valence-corrected chi connectivity index (χ2v) is 5.78. The lowest BCUT2D eigenvalue weighted by Crippen LogP contribution is -2.35. The van der Waals surface area contributed by atoms with E-state index in [2.05, 4.69) is 32.7 Å². The molecule has 1 heteroatoms. The van der Waals surface area contributed by atoms with Crippen LogP contribution < -0.4 is 0 Å². The van der Waals surface area contributed by atoms with Crippen molar-refractivity contribution in [1.29, 1.82) is 0 Å². The van der Waals surface area contributed by atoms with Crippen LogP contribution in [0.3, 0.4) is 0 Å². The van der Waals surface area contributed by atoms with Crippen LogP contribution in [0, 0.1) is 11.8 Å². The highest BCUT2D eigenvalue weighted by atomic mass is 15.1. The molecule has 0 unspecified atom stereocenters. The molecule has 90 valence electrons. The number of hydrogen-bond acceptors (Lipinski definition) is 1. The number of rotatable bonds is 5. The third-order valence-electron chi connectivity index (χ3n) is 3.82. The van der Waals surface area contributed by atoms with Crippen molar-refractivity contribution in [1.82, 2.24) is 4.90 Å². The third kappa shape index (κ3) is 4.55. The maximum absolute atomic E-state index is 2.57. The van der Waals surface area contributed by atoms with Crippen LogP contribution in [0.2, 0.25) is 0 Å². The van der Waals surface area contributed by atoms with Crippen molar-refractivity contribution in [3.63, 3.8) is 0 Å². The van der Waals surface area contributed by atoms with Gasteiger partial charge >= 0.3 is 0 Å². The predicted molar refractivity (Wildman–Crippen MR) is 68.1 cm³/mol. The Balaban J connectivity index is 2.23. The normalized spacial score (nSPS) is 27.6. The van der Waals surface area contributed by atoms with E-state index in [1.54, 1.807) is 0 Å². The molecule has 1 rings (SSSR count). The van der Waals surface area contributed by atoms with Crippen LogP contribution in [0.4, 0.5) is 0 Å². The van der Waals surface area contributed by atoms with Gasteiger partial charge in [0.25, 0.3) is 0 Å². The second kappa shape index (κ2) is 6.52. The van der Waals surface area contributed by atoms with Crippen molar-refractivity contribution in [3.8, 4) is 0 Å². The van der Waals surface area contributed by atoms with Gasteiger partial charge in [0, 0.05) is 6.04 Å². The van der Waals surface area contributed by atoms with Gasteiger partial charge in [-0.25, -0.2) is 0 Å². The first-order valence-corrected chi connectivity index (χ1v) is 6.83. The summed E-state index contributed by atoms with van der Waals surface area (Å²) in [5.41, 5.74) is 0. The van der Waals surface area contributed by atoms with Crippen molar-refractivity contribution >= 4 is 0 Å². The molecule has 1 saturated carbocycles. The van der Waals surface area contributed by atoms with E-state index < -0.39 is 0 Å². The molecule has 0 aromatic heterocycles. The molecule has 1 aliphatic rings. The third-order valence-corrected chi connectivity index (χ3v) is 3.82. The molecule has 0 heterocycles. The second-order valence-electron chi connectivity index (χ2n) is 5.78. The molecular weight excluding hydrogens is 182 g/mol. The Morgan fingerprint density at radius 1 is 1.13 bits per heavy atom. The fourth-order valence-electron chi connectivity index (χ4n) is 3.02. The van der Waals surface area contributed by atoms with Crippen LogP contribution in [-0.4, -0.2) is 24.5 Å². The van der Waals surface area contributed by atoms with E-state index in [4.69, 9.17) is 0 Å². The van der Waals surface area contributed by atoms with Crippen LogP contribution in [-0.2, 0) is 0 Å². The first kappa shape index (κ1) is 13.0. The average Bonchev–Trinajstić information content (AvgIpc) is 2.18. The number of hydrogen-bond donors (Lipinski definition) is 0. The summed E-state index contributed by atoms with van der Waals surface area (Å²) >= 11 is 0. The standard InChI is InChI=1S/C14H29N/c1-5-10-15(4)14-8-6-13(7-9-14)11-12(2)3/h12-14H,5-11H2,1-4H3/t13-,14-. The van der Waals surface area contributed by atoms with Gasteiger partial charge in [0.2, 0.25) is 0 Å². The molecule has 0 spiro atoms. The molecule has 0 radical (unpaired) electrons. The van der Waals surface area contributed by atoms with Crippen molar-refractivity contribution in [3.05, 3.63) is 0 Å². The summed E-state index contributed by atoms with van der Waals surface area (Å²) < 4.78 is 0. The van der Waals surface area contributed by atoms with Crippen LogP contribution in [0.15, 0.2) is 0 Å². The maximum atomic E-state index is 2.57. The predicted octanol–water partition coefficient (Wildman–Crippen LogP) is 3.93. The maximum Gasteiger partial charge on any atom is 0.00924 e. The van der Waals surface area contributed by atoms with E-state index in [-0.39, 0.29) is 0 Å². The Hall–Kier alpha value is -0.0400. The molecule has 0 bridgehead atoms. The Kier molecular flexibility index (Phi) is 5.66. The summed E-state index contributed by atoms with van der Waals surface area (Å²) in [4.78, 5) is 2.57. The fraction of sp³-hybridized carbons (Fsp3) is 1.00. The lowest BCUT2D eigenvalue weighted by Gasteiger charge is -2.35. The Labute approximate surface area is 96.2 Å². The lowest BCUT2D eigenvalue weighted by atomic mass is 9.81. The molecular formula is C14H29N. The summed E-state index contributed by atoms with van der Waals surface area (Å²) in [6.07, 6.45) is 8.56. The summed E-state index contributed by atoms with van der Waals surface area (Å²) in [6.45, 7) is 8.27. The minimum Gasteiger partial charge on any atom is -0.303 e. The molecule has 0 aromatic rings. The molecule has 0 aromatic carbocycles. The highest BCUT2D eigenvalue weighted by Gasteiger charge is 2.23. The zero-order valence-corrected chi connectivity index (χ0v) is 11.1. The fourth-order valence-corrected chi connectivity index (χ4v) is 3.02. The minimum absolute atomic E-state index is 0.883. The van der Waals surface area contributed by atoms with Gasteiger partial charge < -0.3 is 4.90 Å². The van der Waals surface area contributed by atoms with E-state index in [9.17, 15) is 0 Å². The van der Waals surface area contributed by atoms with Crippen molar-refractivity contribution in [2.45, 2.75) is 65.3 Å². The minimum atomic E-state index is 0.883. The Morgan fingerprint density at radius 2 is 1.73 bits per heavy atom. The molecule has 0 saturated heterocycles. The van der Waals surface area contributed by atoms with Crippen LogP contribution in [0.25, 0.3) is 0 Å². The van der Waals surface area contributed by atoms with Gasteiger partial charge in [-0.3, -0.25) is 0 Å². The molecule has 15 heavy (non-hydrogen) atoms. The SMILES string of the molecule is CCCN(C)[C@H]1CC[C@H](CC(C)C)CC1. The largest absolute Gasteiger partial charge is 0.303 e. The molecule has 0 atom stereocenters. The average molecular weight is 211 g/mol. The highest BCUT2D eigenvalue weighted by Crippen LogP contribution is 2.31. The van der Waals surface area contributed by atoms with Gasteiger partial charge in [0.1, 0.15) is 0 Å². The molecule has 0 amide bonds. The lowest BCUT2D eigenvalue weighted by molar-refractivity contribution is 0.156. The Bertz CT molecular complexity index is 157. The van der Waals surface area contributed by atoms with Crippen LogP contribution >= 0.6 is 0 Å².